The predicted molar refractivity (Wildman–Crippen MR) is 102 cm³/mol. The minimum absolute atomic E-state index is 0.216. The number of aromatic nitrogens is 2. The second kappa shape index (κ2) is 8.96. The molecule has 0 aliphatic heterocycles. The number of benzene rings is 2. The summed E-state index contributed by atoms with van der Waals surface area (Å²) in [5.74, 6) is 2.78. The summed E-state index contributed by atoms with van der Waals surface area (Å²) in [6, 6.07) is 13.2. The van der Waals surface area contributed by atoms with Crippen LogP contribution >= 0.6 is 23.4 Å². The van der Waals surface area contributed by atoms with Crippen molar-refractivity contribution in [3.63, 3.8) is 0 Å². The molecule has 136 valence electrons. The molecule has 0 atom stereocenters. The minimum atomic E-state index is 0.216. The molecule has 1 heterocycles. The lowest BCUT2D eigenvalue weighted by molar-refractivity contribution is 0.252. The van der Waals surface area contributed by atoms with E-state index in [4.69, 9.17) is 25.5 Å². The summed E-state index contributed by atoms with van der Waals surface area (Å²) in [7, 11) is 0. The Labute approximate surface area is 161 Å². The first-order valence-electron chi connectivity index (χ1n) is 8.14. The lowest BCUT2D eigenvalue weighted by Gasteiger charge is -2.10. The predicted octanol–water partition coefficient (Wildman–Crippen LogP) is 5.09. The van der Waals surface area contributed by atoms with Crippen molar-refractivity contribution in [3.05, 3.63) is 64.5 Å². The summed E-state index contributed by atoms with van der Waals surface area (Å²) in [4.78, 5) is 0. The van der Waals surface area contributed by atoms with Gasteiger partial charge in [0.25, 0.3) is 11.1 Å². The van der Waals surface area contributed by atoms with Crippen molar-refractivity contribution in [2.45, 2.75) is 25.7 Å². The highest BCUT2D eigenvalue weighted by molar-refractivity contribution is 7.99. The molecule has 3 aromatic rings. The summed E-state index contributed by atoms with van der Waals surface area (Å²) >= 11 is 7.30. The molecule has 0 radical (unpaired) electrons. The minimum Gasteiger partial charge on any atom is -0.492 e. The molecular weight excluding hydrogens is 372 g/mol. The number of hydrogen-bond donors (Lipinski definition) is 0. The molecule has 0 saturated heterocycles. The third-order valence-corrected chi connectivity index (χ3v) is 4.62. The first kappa shape index (κ1) is 18.6. The van der Waals surface area contributed by atoms with E-state index in [1.807, 2.05) is 32.0 Å². The van der Waals surface area contributed by atoms with Gasteiger partial charge in [0.2, 0.25) is 0 Å². The Hall–Kier alpha value is -2.18. The van der Waals surface area contributed by atoms with Gasteiger partial charge in [-0.25, -0.2) is 0 Å². The van der Waals surface area contributed by atoms with Crippen molar-refractivity contribution in [1.82, 2.24) is 10.2 Å². The van der Waals surface area contributed by atoms with Gasteiger partial charge in [0.1, 0.15) is 11.5 Å². The largest absolute Gasteiger partial charge is 0.492 e. The Balaban J connectivity index is 1.43. The second-order valence-electron chi connectivity index (χ2n) is 5.62. The Morgan fingerprint density at radius 3 is 2.46 bits per heavy atom. The van der Waals surface area contributed by atoms with E-state index >= 15 is 0 Å². The van der Waals surface area contributed by atoms with Crippen LogP contribution in [0, 0.1) is 13.8 Å². The maximum absolute atomic E-state index is 5.86. The lowest BCUT2D eigenvalue weighted by atomic mass is 10.1. The summed E-state index contributed by atoms with van der Waals surface area (Å²) in [5.41, 5.74) is 2.27. The third kappa shape index (κ3) is 5.16. The average molecular weight is 391 g/mol. The first-order chi connectivity index (χ1) is 12.6. The standard InChI is InChI=1S/C19H19ClN2O3S/c1-13-4-3-5-14(2)18(13)23-10-11-26-19-22-21-17(25-19)12-24-16-8-6-15(20)7-9-16/h3-9H,10-12H2,1-2H3. The number of para-hydroxylation sites is 1. The van der Waals surface area contributed by atoms with E-state index in [1.165, 1.54) is 11.8 Å². The molecule has 0 aliphatic rings. The number of aryl methyl sites for hydroxylation is 2. The van der Waals surface area contributed by atoms with Crippen molar-refractivity contribution in [3.8, 4) is 11.5 Å². The normalized spacial score (nSPS) is 10.7. The second-order valence-corrected chi connectivity index (χ2v) is 7.10. The summed E-state index contributed by atoms with van der Waals surface area (Å²) in [5, 5.41) is 9.16. The van der Waals surface area contributed by atoms with Crippen LogP contribution in [0.4, 0.5) is 0 Å². The maximum Gasteiger partial charge on any atom is 0.276 e. The molecule has 2 aromatic carbocycles. The monoisotopic (exact) mass is 390 g/mol. The van der Waals surface area contributed by atoms with Gasteiger partial charge in [0.15, 0.2) is 6.61 Å². The number of nitrogens with zero attached hydrogens (tertiary/aromatic N) is 2. The highest BCUT2D eigenvalue weighted by Crippen LogP contribution is 2.23. The fourth-order valence-corrected chi connectivity index (χ4v) is 3.05. The van der Waals surface area contributed by atoms with Gasteiger partial charge in [-0.3, -0.25) is 0 Å². The molecule has 5 nitrogen and oxygen atoms in total. The molecule has 0 aliphatic carbocycles. The van der Waals surface area contributed by atoms with Crippen LogP contribution in [0.3, 0.4) is 0 Å². The van der Waals surface area contributed by atoms with Gasteiger partial charge in [-0.15, -0.1) is 10.2 Å². The quantitative estimate of drug-likeness (QED) is 0.394. The Morgan fingerprint density at radius 2 is 1.73 bits per heavy atom. The van der Waals surface area contributed by atoms with Gasteiger partial charge in [-0.05, 0) is 49.2 Å². The first-order valence-corrected chi connectivity index (χ1v) is 9.51. The number of thioether (sulfide) groups is 1. The third-order valence-electron chi connectivity index (χ3n) is 3.59. The average Bonchev–Trinajstić information content (AvgIpc) is 3.08. The topological polar surface area (TPSA) is 57.4 Å². The molecular formula is C19H19ClN2O3S. The van der Waals surface area contributed by atoms with Gasteiger partial charge in [-0.1, -0.05) is 41.6 Å². The van der Waals surface area contributed by atoms with Gasteiger partial charge in [0.05, 0.1) is 6.61 Å². The molecule has 0 saturated carbocycles. The van der Waals surface area contributed by atoms with E-state index in [1.54, 1.807) is 24.3 Å². The molecule has 0 bridgehead atoms. The van der Waals surface area contributed by atoms with Gasteiger partial charge in [0, 0.05) is 10.8 Å². The van der Waals surface area contributed by atoms with Gasteiger partial charge in [-0.2, -0.15) is 0 Å². The van der Waals surface area contributed by atoms with Crippen LogP contribution < -0.4 is 9.47 Å². The smallest absolute Gasteiger partial charge is 0.276 e. The van der Waals surface area contributed by atoms with Crippen LogP contribution in [0.5, 0.6) is 11.5 Å². The number of hydrogen-bond acceptors (Lipinski definition) is 6. The molecule has 0 N–H and O–H groups in total. The molecule has 7 heteroatoms. The van der Waals surface area contributed by atoms with Crippen molar-refractivity contribution in [1.29, 1.82) is 0 Å². The van der Waals surface area contributed by atoms with Crippen LogP contribution in [-0.4, -0.2) is 22.6 Å². The lowest BCUT2D eigenvalue weighted by Crippen LogP contribution is -2.02. The molecule has 0 spiro atoms. The Bertz CT molecular complexity index is 832. The van der Waals surface area contributed by atoms with E-state index < -0.39 is 0 Å². The van der Waals surface area contributed by atoms with Crippen LogP contribution in [-0.2, 0) is 6.61 Å². The molecule has 3 rings (SSSR count). The van der Waals surface area contributed by atoms with E-state index in [9.17, 15) is 0 Å². The number of rotatable bonds is 8. The fraction of sp³-hybridized carbons (Fsp3) is 0.263. The molecule has 26 heavy (non-hydrogen) atoms. The van der Waals surface area contributed by atoms with E-state index in [0.29, 0.717) is 34.2 Å². The number of halogens is 1. The maximum atomic E-state index is 5.86. The molecule has 1 aromatic heterocycles. The van der Waals surface area contributed by atoms with Crippen molar-refractivity contribution in [2.24, 2.45) is 0 Å². The van der Waals surface area contributed by atoms with Crippen LogP contribution in [0.25, 0.3) is 0 Å². The van der Waals surface area contributed by atoms with Gasteiger partial charge < -0.3 is 13.9 Å². The summed E-state index contributed by atoms with van der Waals surface area (Å²) < 4.78 is 17.0. The van der Waals surface area contributed by atoms with Crippen molar-refractivity contribution in [2.75, 3.05) is 12.4 Å². The van der Waals surface area contributed by atoms with Crippen molar-refractivity contribution >= 4 is 23.4 Å². The fourth-order valence-electron chi connectivity index (χ4n) is 2.33. The zero-order valence-electron chi connectivity index (χ0n) is 14.6. The molecule has 0 amide bonds. The zero-order chi connectivity index (χ0) is 18.4. The van der Waals surface area contributed by atoms with E-state index in [0.717, 1.165) is 16.9 Å². The highest BCUT2D eigenvalue weighted by atomic mass is 35.5. The van der Waals surface area contributed by atoms with Crippen LogP contribution in [0.1, 0.15) is 17.0 Å². The SMILES string of the molecule is Cc1cccc(C)c1OCCSc1nnc(COc2ccc(Cl)cc2)o1. The van der Waals surface area contributed by atoms with E-state index in [2.05, 4.69) is 10.2 Å². The van der Waals surface area contributed by atoms with Crippen molar-refractivity contribution < 1.29 is 13.9 Å². The number of ether oxygens (including phenoxy) is 2. The Kier molecular flexibility index (Phi) is 6.41. The summed E-state index contributed by atoms with van der Waals surface area (Å²) in [6.45, 7) is 4.87. The molecule has 0 unspecified atom stereocenters. The van der Waals surface area contributed by atoms with Crippen LogP contribution in [0.15, 0.2) is 52.1 Å². The zero-order valence-corrected chi connectivity index (χ0v) is 16.1. The molecule has 0 fully saturated rings. The van der Waals surface area contributed by atoms with Crippen LogP contribution in [0.2, 0.25) is 5.02 Å². The van der Waals surface area contributed by atoms with E-state index in [-0.39, 0.29) is 6.61 Å². The summed E-state index contributed by atoms with van der Waals surface area (Å²) in [6.07, 6.45) is 0. The highest BCUT2D eigenvalue weighted by Gasteiger charge is 2.08. The van der Waals surface area contributed by atoms with Gasteiger partial charge >= 0.3 is 0 Å². The Morgan fingerprint density at radius 1 is 1.00 bits per heavy atom.